The van der Waals surface area contributed by atoms with E-state index in [0.29, 0.717) is 24.5 Å². The molecule has 2 N–H and O–H groups in total. The molecule has 311 valence electrons. The van der Waals surface area contributed by atoms with Crippen molar-refractivity contribution in [2.24, 2.45) is 20.5 Å². The van der Waals surface area contributed by atoms with Crippen LogP contribution in [0.1, 0.15) is 61.8 Å². The summed E-state index contributed by atoms with van der Waals surface area (Å²) in [5.41, 5.74) is -0.660. The van der Waals surface area contributed by atoms with Crippen molar-refractivity contribution in [3.63, 3.8) is 0 Å². The summed E-state index contributed by atoms with van der Waals surface area (Å²) in [7, 11) is 0. The Morgan fingerprint density at radius 3 is 1.74 bits per heavy atom. The summed E-state index contributed by atoms with van der Waals surface area (Å²) in [6.07, 6.45) is 8.73. The molecule has 0 amide bonds. The van der Waals surface area contributed by atoms with Crippen molar-refractivity contribution in [1.82, 2.24) is 38.7 Å². The Labute approximate surface area is 359 Å². The minimum absolute atomic E-state index is 0. The first-order valence-corrected chi connectivity index (χ1v) is 18.4. The number of rotatable bonds is 12. The second-order valence-electron chi connectivity index (χ2n) is 12.7. The number of nitrogens with zero attached hydrogens (tertiary/aromatic N) is 16. The van der Waals surface area contributed by atoms with Crippen LogP contribution in [0.4, 0.5) is 34.4 Å². The molecule has 1 radical (unpaired) electrons. The number of hydrogen-bond acceptors (Lipinski definition) is 14. The molecule has 0 atom stereocenters. The molecular weight excluding hydrogens is 832 g/mol. The molecule has 0 spiro atoms. The fraction of sp³-hybridized carbons (Fsp3) is 0.250. The molecule has 6 aromatic heterocycles. The summed E-state index contributed by atoms with van der Waals surface area (Å²) in [6.45, 7) is 22.1. The Hall–Kier alpha value is -8.10. The second-order valence-corrected chi connectivity index (χ2v) is 12.7. The molecule has 0 aliphatic heterocycles. The van der Waals surface area contributed by atoms with Gasteiger partial charge in [0.15, 0.2) is 29.0 Å². The first-order valence-electron chi connectivity index (χ1n) is 18.4. The molecule has 6 aromatic rings. The van der Waals surface area contributed by atoms with Crippen LogP contribution in [-0.4, -0.2) is 48.9 Å². The molecule has 6 heterocycles. The van der Waals surface area contributed by atoms with E-state index in [1.807, 2.05) is 26.0 Å². The van der Waals surface area contributed by atoms with Gasteiger partial charge in [0.2, 0.25) is 11.8 Å². The topological polar surface area (TPSA) is 252 Å². The van der Waals surface area contributed by atoms with Gasteiger partial charge in [-0.05, 0) is 56.5 Å². The number of pyridine rings is 4. The molecule has 0 bridgehead atoms. The van der Waals surface area contributed by atoms with Crippen molar-refractivity contribution in [2.45, 2.75) is 66.5 Å². The van der Waals surface area contributed by atoms with Gasteiger partial charge in [0.05, 0.1) is 25.5 Å². The second kappa shape index (κ2) is 21.1. The van der Waals surface area contributed by atoms with Gasteiger partial charge < -0.3 is 10.2 Å². The van der Waals surface area contributed by atoms with Crippen LogP contribution in [0.15, 0.2) is 91.2 Å². The Morgan fingerprint density at radius 1 is 0.721 bits per heavy atom. The Balaban J connectivity index is 0.000000264. The van der Waals surface area contributed by atoms with Crippen LogP contribution in [0.3, 0.4) is 0 Å². The summed E-state index contributed by atoms with van der Waals surface area (Å²) in [6, 6.07) is 14.3. The van der Waals surface area contributed by atoms with Gasteiger partial charge >= 0.3 is 0 Å². The molecule has 0 saturated carbocycles. The number of azo groups is 2. The molecule has 0 fully saturated rings. The number of aromatic nitrogens is 8. The van der Waals surface area contributed by atoms with E-state index >= 15 is 0 Å². The number of nitriles is 2. The average molecular weight is 868 g/mol. The first kappa shape index (κ1) is 45.6. The normalized spacial score (nSPS) is 10.6. The Bertz CT molecular complexity index is 2690. The van der Waals surface area contributed by atoms with Gasteiger partial charge in [-0.25, -0.2) is 24.3 Å². The summed E-state index contributed by atoms with van der Waals surface area (Å²) in [5, 5.41) is 64.8. The maximum absolute atomic E-state index is 12.5. The molecule has 0 unspecified atom stereocenters. The molecule has 20 nitrogen and oxygen atoms in total. The molecule has 61 heavy (non-hydrogen) atoms. The van der Waals surface area contributed by atoms with Crippen LogP contribution in [-0.2, 0) is 30.2 Å². The van der Waals surface area contributed by atoms with Gasteiger partial charge in [-0.1, -0.05) is 38.8 Å². The average Bonchev–Trinajstić information content (AvgIpc) is 3.88. The summed E-state index contributed by atoms with van der Waals surface area (Å²) in [4.78, 5) is 40.1. The molecule has 0 aliphatic carbocycles. The molecule has 0 aliphatic rings. The third-order valence-corrected chi connectivity index (χ3v) is 8.91. The van der Waals surface area contributed by atoms with E-state index in [-0.39, 0.29) is 98.6 Å². The maximum atomic E-state index is 12.5. The first-order chi connectivity index (χ1) is 29.1. The third kappa shape index (κ3) is 9.62. The van der Waals surface area contributed by atoms with E-state index in [1.54, 1.807) is 48.8 Å². The standard InChI is InChI=1S/2C20H18N8O2.Cu/c1-5-6-11-27-19(29)16(22-4)13(2)17(20(27)30)25-26-18-14(21-3)12-24-28(18)15-9-7-8-10-23-15;1-3-4-9-27-19(29)15(11-22)13(2)17(20(27)30)25-26-18-14(10-21)12-24-28(18)16-7-5-6-8-23-16;/h7-10,12,30H,5-6,11H2,1-2H3;5-8,12,30H,3-4,9H2,1-2H3;. The molecule has 0 saturated heterocycles. The van der Waals surface area contributed by atoms with Crippen molar-refractivity contribution < 1.29 is 27.3 Å². The number of aromatic hydroxyl groups is 2. The van der Waals surface area contributed by atoms with Crippen LogP contribution < -0.4 is 11.1 Å². The SMILES string of the molecule is CCCCn1c(O)c(N=Nc2c(C#N)cnn2-c2ccccn2)c(C)c(C#N)c1=O.[C-]#[N+]c1cnn(-c2ccccn2)c1N=Nc1c(C)c([N+]#[C-])c(=O)n(CCCC)c1O.[Cu]. The monoisotopic (exact) mass is 867 g/mol. The Morgan fingerprint density at radius 2 is 1.25 bits per heavy atom. The van der Waals surface area contributed by atoms with Gasteiger partial charge in [-0.3, -0.25) is 18.7 Å². The van der Waals surface area contributed by atoms with E-state index in [2.05, 4.69) is 50.3 Å². The molecule has 21 heteroatoms. The zero-order valence-electron chi connectivity index (χ0n) is 33.2. The fourth-order valence-corrected chi connectivity index (χ4v) is 5.66. The largest absolute Gasteiger partial charge is 0.493 e. The van der Waals surface area contributed by atoms with E-state index in [9.17, 15) is 30.3 Å². The van der Waals surface area contributed by atoms with Gasteiger partial charge in [0.25, 0.3) is 22.5 Å². The molecule has 6 rings (SSSR count). The minimum atomic E-state index is -0.573. The van der Waals surface area contributed by atoms with E-state index < -0.39 is 11.1 Å². The van der Waals surface area contributed by atoms with Gasteiger partial charge in [-0.2, -0.15) is 25.4 Å². The third-order valence-electron chi connectivity index (χ3n) is 8.91. The van der Waals surface area contributed by atoms with Crippen LogP contribution >= 0.6 is 0 Å². The van der Waals surface area contributed by atoms with Crippen LogP contribution in [0.25, 0.3) is 21.3 Å². The van der Waals surface area contributed by atoms with Crippen LogP contribution in [0.2, 0.25) is 0 Å². The van der Waals surface area contributed by atoms with Crippen molar-refractivity contribution in [3.8, 4) is 35.5 Å². The molecule has 0 aromatic carbocycles. The fourth-order valence-electron chi connectivity index (χ4n) is 5.66. The zero-order valence-corrected chi connectivity index (χ0v) is 34.1. The van der Waals surface area contributed by atoms with Crippen molar-refractivity contribution in [2.75, 3.05) is 0 Å². The summed E-state index contributed by atoms with van der Waals surface area (Å²) < 4.78 is 4.94. The minimum Gasteiger partial charge on any atom is -0.493 e. The Kier molecular flexibility index (Phi) is 15.7. The zero-order chi connectivity index (χ0) is 43.3. The quantitative estimate of drug-likeness (QED) is 0.0678. The predicted octanol–water partition coefficient (Wildman–Crippen LogP) is 8.16. The van der Waals surface area contributed by atoms with Crippen LogP contribution in [0.5, 0.6) is 11.8 Å². The van der Waals surface area contributed by atoms with Gasteiger partial charge in [-0.15, -0.1) is 20.5 Å². The van der Waals surface area contributed by atoms with E-state index in [0.717, 1.165) is 22.0 Å². The molecular formula is C40H36CuN16O4. The van der Waals surface area contributed by atoms with E-state index in [1.165, 1.54) is 35.6 Å². The van der Waals surface area contributed by atoms with Crippen molar-refractivity contribution in [1.29, 1.82) is 10.5 Å². The number of hydrogen-bond donors (Lipinski definition) is 2. The predicted molar refractivity (Wildman–Crippen MR) is 217 cm³/mol. The summed E-state index contributed by atoms with van der Waals surface area (Å²) in [5.74, 6) is 0.362. The van der Waals surface area contributed by atoms with Crippen LogP contribution in [0, 0.1) is 49.7 Å². The van der Waals surface area contributed by atoms with Crippen molar-refractivity contribution >= 4 is 34.4 Å². The number of unbranched alkanes of at least 4 members (excludes halogenated alkanes) is 2. The smallest absolute Gasteiger partial charge is 0.271 e. The van der Waals surface area contributed by atoms with Gasteiger partial charge in [0.1, 0.15) is 29.0 Å². The van der Waals surface area contributed by atoms with Crippen molar-refractivity contribution in [3.05, 3.63) is 127 Å². The summed E-state index contributed by atoms with van der Waals surface area (Å²) >= 11 is 0. The van der Waals surface area contributed by atoms with E-state index in [4.69, 9.17) is 13.1 Å². The maximum Gasteiger partial charge on any atom is 0.271 e. The van der Waals surface area contributed by atoms with Gasteiger partial charge in [0, 0.05) is 48.1 Å².